The van der Waals surface area contributed by atoms with Crippen molar-refractivity contribution < 1.29 is 13.2 Å². The van der Waals surface area contributed by atoms with Gasteiger partial charge < -0.3 is 11.1 Å². The Morgan fingerprint density at radius 3 is 2.83 bits per heavy atom. The molecule has 1 saturated heterocycles. The zero-order valence-electron chi connectivity index (χ0n) is 13.2. The predicted molar refractivity (Wildman–Crippen MR) is 95.9 cm³/mol. The highest BCUT2D eigenvalue weighted by atomic mass is 35.5. The lowest BCUT2D eigenvalue weighted by molar-refractivity contribution is -0.123. The van der Waals surface area contributed by atoms with Gasteiger partial charge in [0, 0.05) is 29.4 Å². The Hall–Kier alpha value is -1.19. The summed E-state index contributed by atoms with van der Waals surface area (Å²) < 4.78 is 28.6. The van der Waals surface area contributed by atoms with Crippen molar-refractivity contribution in [2.24, 2.45) is 5.73 Å². The minimum Gasteiger partial charge on any atom is -0.358 e. The molecule has 1 aliphatic heterocycles. The molecule has 0 saturated carbocycles. The topological polar surface area (TPSA) is 92.5 Å². The van der Waals surface area contributed by atoms with Gasteiger partial charge in [-0.25, -0.2) is 8.42 Å². The first-order chi connectivity index (χ1) is 11.3. The minimum absolute atomic E-state index is 0.134. The van der Waals surface area contributed by atoms with Crippen molar-refractivity contribution in [1.29, 1.82) is 0 Å². The summed E-state index contributed by atoms with van der Waals surface area (Å²) >= 11 is 7.21. The van der Waals surface area contributed by atoms with Gasteiger partial charge in [0.05, 0.1) is 0 Å². The Morgan fingerprint density at radius 2 is 2.17 bits per heavy atom. The second-order valence-corrected chi connectivity index (χ2v) is 9.43. The zero-order valence-corrected chi connectivity index (χ0v) is 15.6. The van der Waals surface area contributed by atoms with Crippen LogP contribution in [0.15, 0.2) is 22.4 Å². The van der Waals surface area contributed by atoms with Crippen LogP contribution in [-0.4, -0.2) is 44.3 Å². The number of thiophene rings is 1. The fraction of sp³-hybridized carbons (Fsp3) is 0.400. The summed E-state index contributed by atoms with van der Waals surface area (Å²) in [5.74, 6) is -0.340. The lowest BCUT2D eigenvalue weighted by atomic mass is 10.2. The first-order valence-corrected chi connectivity index (χ1v) is 10.1. The number of rotatable bonds is 3. The average Bonchev–Trinajstić information content (AvgIpc) is 3.08. The number of aryl methyl sites for hydroxylation is 1. The molecule has 0 aliphatic carbocycles. The number of hydrogen-bond acceptors (Lipinski definition) is 5. The van der Waals surface area contributed by atoms with Crippen LogP contribution >= 0.6 is 22.9 Å². The molecule has 0 bridgehead atoms. The molecule has 0 spiro atoms. The maximum Gasteiger partial charge on any atom is 0.253 e. The molecule has 1 aromatic carbocycles. The van der Waals surface area contributed by atoms with Crippen LogP contribution in [-0.2, 0) is 14.8 Å². The first kappa shape index (κ1) is 17.6. The molecule has 2 aromatic rings. The van der Waals surface area contributed by atoms with Crippen LogP contribution in [0, 0.1) is 6.92 Å². The summed E-state index contributed by atoms with van der Waals surface area (Å²) in [7, 11) is -2.32. The molecule has 1 fully saturated rings. The standard InChI is InChI=1S/C15H18ClN3O3S2/c1-8-11-5-9(16)3-4-13(11)23-15(8)24(21,22)19-7-10(17)6-12(19)14(20)18-2/h3-5,10,12H,6-7,17H2,1-2H3,(H,18,20)/t10-,12-/m0/s1. The van der Waals surface area contributed by atoms with E-state index in [1.165, 1.54) is 22.7 Å². The summed E-state index contributed by atoms with van der Waals surface area (Å²) in [5, 5.41) is 3.88. The van der Waals surface area contributed by atoms with Crippen LogP contribution in [0.3, 0.4) is 0 Å². The van der Waals surface area contributed by atoms with E-state index in [0.717, 1.165) is 10.1 Å². The highest BCUT2D eigenvalue weighted by molar-refractivity contribution is 7.91. The molecular weight excluding hydrogens is 370 g/mol. The third kappa shape index (κ3) is 2.82. The number of nitrogens with zero attached hydrogens (tertiary/aromatic N) is 1. The average molecular weight is 388 g/mol. The number of amides is 1. The molecular formula is C15H18ClN3O3S2. The van der Waals surface area contributed by atoms with E-state index < -0.39 is 16.1 Å². The van der Waals surface area contributed by atoms with Crippen molar-refractivity contribution >= 4 is 49.0 Å². The number of nitrogens with two attached hydrogens (primary N) is 1. The SMILES string of the molecule is CNC(=O)[C@@H]1C[C@H](N)CN1S(=O)(=O)c1sc2ccc(Cl)cc2c1C. The molecule has 3 N–H and O–H groups in total. The second-order valence-electron chi connectivity index (χ2n) is 5.86. The van der Waals surface area contributed by atoms with Gasteiger partial charge in [-0.05, 0) is 42.5 Å². The molecule has 1 aromatic heterocycles. The number of fused-ring (bicyclic) bond motifs is 1. The van der Waals surface area contributed by atoms with Crippen LogP contribution in [0.2, 0.25) is 5.02 Å². The number of carbonyl (C=O) groups excluding carboxylic acids is 1. The molecule has 2 heterocycles. The van der Waals surface area contributed by atoms with Gasteiger partial charge in [-0.2, -0.15) is 4.31 Å². The van der Waals surface area contributed by atoms with Crippen molar-refractivity contribution in [2.45, 2.75) is 29.6 Å². The smallest absolute Gasteiger partial charge is 0.253 e. The van der Waals surface area contributed by atoms with Gasteiger partial charge in [0.25, 0.3) is 10.0 Å². The maximum atomic E-state index is 13.2. The summed E-state index contributed by atoms with van der Waals surface area (Å²) in [5.41, 5.74) is 6.56. The van der Waals surface area contributed by atoms with Gasteiger partial charge in [0.2, 0.25) is 5.91 Å². The van der Waals surface area contributed by atoms with Gasteiger partial charge in [-0.1, -0.05) is 11.6 Å². The van der Waals surface area contributed by atoms with Gasteiger partial charge in [0.15, 0.2) is 0 Å². The first-order valence-electron chi connectivity index (χ1n) is 7.43. The van der Waals surface area contributed by atoms with E-state index in [2.05, 4.69) is 5.32 Å². The Balaban J connectivity index is 2.10. The second kappa shape index (κ2) is 6.27. The quantitative estimate of drug-likeness (QED) is 0.838. The van der Waals surface area contributed by atoms with Gasteiger partial charge in [-0.15, -0.1) is 11.3 Å². The van der Waals surface area contributed by atoms with E-state index in [0.29, 0.717) is 17.0 Å². The Bertz CT molecular complexity index is 910. The Kier molecular flexibility index (Phi) is 4.61. The van der Waals surface area contributed by atoms with Crippen LogP contribution < -0.4 is 11.1 Å². The molecule has 3 rings (SSSR count). The highest BCUT2D eigenvalue weighted by Crippen LogP contribution is 2.38. The highest BCUT2D eigenvalue weighted by Gasteiger charge is 2.43. The Morgan fingerprint density at radius 1 is 1.46 bits per heavy atom. The van der Waals surface area contributed by atoms with E-state index in [1.807, 2.05) is 0 Å². The molecule has 0 radical (unpaired) electrons. The fourth-order valence-corrected chi connectivity index (χ4v) is 6.72. The minimum atomic E-state index is -3.81. The number of halogens is 1. The molecule has 1 aliphatic rings. The number of benzene rings is 1. The van der Waals surface area contributed by atoms with Crippen molar-refractivity contribution in [3.8, 4) is 0 Å². The molecule has 1 amide bonds. The molecule has 6 nitrogen and oxygen atoms in total. The molecule has 9 heteroatoms. The third-order valence-electron chi connectivity index (χ3n) is 4.23. The largest absolute Gasteiger partial charge is 0.358 e. The molecule has 130 valence electrons. The van der Waals surface area contributed by atoms with Crippen molar-refractivity contribution in [3.05, 3.63) is 28.8 Å². The molecule has 24 heavy (non-hydrogen) atoms. The lowest BCUT2D eigenvalue weighted by Crippen LogP contribution is -2.44. The number of carbonyl (C=O) groups is 1. The van der Waals surface area contributed by atoms with E-state index in [1.54, 1.807) is 25.1 Å². The van der Waals surface area contributed by atoms with Crippen molar-refractivity contribution in [2.75, 3.05) is 13.6 Å². The monoisotopic (exact) mass is 387 g/mol. The maximum absolute atomic E-state index is 13.2. The van der Waals surface area contributed by atoms with Crippen LogP contribution in [0.4, 0.5) is 0 Å². The number of sulfonamides is 1. The van der Waals surface area contributed by atoms with E-state index in [4.69, 9.17) is 17.3 Å². The van der Waals surface area contributed by atoms with Gasteiger partial charge in [0.1, 0.15) is 10.3 Å². The number of likely N-dealkylation sites (N-methyl/N-ethyl adjacent to an activating group) is 1. The van der Waals surface area contributed by atoms with Crippen molar-refractivity contribution in [3.63, 3.8) is 0 Å². The normalized spacial score (nSPS) is 22.2. The van der Waals surface area contributed by atoms with Crippen LogP contribution in [0.5, 0.6) is 0 Å². The van der Waals surface area contributed by atoms with E-state index >= 15 is 0 Å². The van der Waals surface area contributed by atoms with Crippen LogP contribution in [0.25, 0.3) is 10.1 Å². The van der Waals surface area contributed by atoms with Gasteiger partial charge in [-0.3, -0.25) is 4.79 Å². The number of hydrogen-bond donors (Lipinski definition) is 2. The fourth-order valence-electron chi connectivity index (χ4n) is 3.03. The lowest BCUT2D eigenvalue weighted by Gasteiger charge is -2.22. The Labute approximate surface area is 149 Å². The van der Waals surface area contributed by atoms with E-state index in [9.17, 15) is 13.2 Å². The summed E-state index contributed by atoms with van der Waals surface area (Å²) in [6, 6.07) is 4.16. The van der Waals surface area contributed by atoms with Crippen LogP contribution in [0.1, 0.15) is 12.0 Å². The predicted octanol–water partition coefficient (Wildman–Crippen LogP) is 1.70. The number of nitrogens with one attached hydrogen (secondary N) is 1. The zero-order chi connectivity index (χ0) is 17.6. The third-order valence-corrected chi connectivity index (χ3v) is 8.21. The molecule has 2 atom stereocenters. The summed E-state index contributed by atoms with van der Waals surface area (Å²) in [6.07, 6.45) is 0.314. The summed E-state index contributed by atoms with van der Waals surface area (Å²) in [4.78, 5) is 12.1. The molecule has 0 unspecified atom stereocenters. The summed E-state index contributed by atoms with van der Waals surface area (Å²) in [6.45, 7) is 1.89. The van der Waals surface area contributed by atoms with E-state index in [-0.39, 0.29) is 22.7 Å². The van der Waals surface area contributed by atoms with Gasteiger partial charge >= 0.3 is 0 Å². The van der Waals surface area contributed by atoms with Crippen molar-refractivity contribution in [1.82, 2.24) is 9.62 Å².